The highest BCUT2D eigenvalue weighted by molar-refractivity contribution is 7.91. The Bertz CT molecular complexity index is 556. The molecule has 7 heteroatoms. The summed E-state index contributed by atoms with van der Waals surface area (Å²) >= 11 is 1.40. The van der Waals surface area contributed by atoms with Gasteiger partial charge in [-0.3, -0.25) is 4.90 Å². The second kappa shape index (κ2) is 7.19. The predicted molar refractivity (Wildman–Crippen MR) is 87.4 cm³/mol. The molecule has 2 rings (SSSR count). The van der Waals surface area contributed by atoms with Crippen molar-refractivity contribution in [2.45, 2.75) is 30.5 Å². The molecule has 1 saturated heterocycles. The quantitative estimate of drug-likeness (QED) is 0.852. The fraction of sp³-hybridized carbons (Fsp3) is 0.714. The lowest BCUT2D eigenvalue weighted by Crippen LogP contribution is -2.53. The van der Waals surface area contributed by atoms with Gasteiger partial charge < -0.3 is 5.32 Å². The minimum Gasteiger partial charge on any atom is -0.319 e. The fourth-order valence-corrected chi connectivity index (χ4v) is 5.68. The van der Waals surface area contributed by atoms with E-state index in [2.05, 4.69) is 24.1 Å². The van der Waals surface area contributed by atoms with Crippen LogP contribution in [-0.4, -0.2) is 63.4 Å². The molecule has 1 atom stereocenters. The summed E-state index contributed by atoms with van der Waals surface area (Å²) in [6.45, 7) is 8.04. The molecule has 1 aliphatic heterocycles. The van der Waals surface area contributed by atoms with Crippen molar-refractivity contribution < 1.29 is 8.42 Å². The first-order valence-electron chi connectivity index (χ1n) is 7.46. The smallest absolute Gasteiger partial charge is 0.252 e. The van der Waals surface area contributed by atoms with E-state index in [1.54, 1.807) is 10.4 Å². The first-order valence-corrected chi connectivity index (χ1v) is 9.72. The molecule has 120 valence electrons. The van der Waals surface area contributed by atoms with E-state index >= 15 is 0 Å². The Labute approximate surface area is 132 Å². The van der Waals surface area contributed by atoms with E-state index in [-0.39, 0.29) is 6.04 Å². The van der Waals surface area contributed by atoms with Crippen LogP contribution in [0.2, 0.25) is 0 Å². The standard InChI is InChI=1S/C14H25N3O2S2/c1-4-16-9-10-17(11-12(16)2)21(18,19)14-6-5-13(20-14)7-8-15-3/h5-6,12,15H,4,7-11H2,1-3H3. The number of sulfonamides is 1. The Kier molecular flexibility index (Phi) is 5.79. The van der Waals surface area contributed by atoms with Gasteiger partial charge in [0.15, 0.2) is 0 Å². The average Bonchev–Trinajstić information content (AvgIpc) is 2.94. The SMILES string of the molecule is CCN1CCN(S(=O)(=O)c2ccc(CCNC)s2)CC1C. The number of thiophene rings is 1. The Morgan fingerprint density at radius 3 is 2.76 bits per heavy atom. The van der Waals surface area contributed by atoms with Crippen LogP contribution >= 0.6 is 11.3 Å². The van der Waals surface area contributed by atoms with Crippen LogP contribution in [0.25, 0.3) is 0 Å². The lowest BCUT2D eigenvalue weighted by atomic mass is 10.2. The molecule has 1 unspecified atom stereocenters. The van der Waals surface area contributed by atoms with E-state index in [4.69, 9.17) is 0 Å². The molecule has 1 fully saturated rings. The summed E-state index contributed by atoms with van der Waals surface area (Å²) in [5.74, 6) is 0. The van der Waals surface area contributed by atoms with E-state index in [9.17, 15) is 8.42 Å². The van der Waals surface area contributed by atoms with Gasteiger partial charge in [0, 0.05) is 30.6 Å². The zero-order valence-electron chi connectivity index (χ0n) is 13.0. The number of hydrogen-bond donors (Lipinski definition) is 1. The van der Waals surface area contributed by atoms with Crippen LogP contribution in [0, 0.1) is 0 Å². The van der Waals surface area contributed by atoms with Crippen molar-refractivity contribution in [2.24, 2.45) is 0 Å². The van der Waals surface area contributed by atoms with Gasteiger partial charge in [0.1, 0.15) is 4.21 Å². The third-order valence-corrected chi connectivity index (χ3v) is 7.46. The van der Waals surface area contributed by atoms with Gasteiger partial charge in [-0.05, 0) is 45.6 Å². The van der Waals surface area contributed by atoms with E-state index in [1.807, 2.05) is 13.1 Å². The van der Waals surface area contributed by atoms with Crippen LogP contribution in [0.3, 0.4) is 0 Å². The zero-order chi connectivity index (χ0) is 15.5. The van der Waals surface area contributed by atoms with Gasteiger partial charge in [0.2, 0.25) is 0 Å². The van der Waals surface area contributed by atoms with Gasteiger partial charge in [-0.15, -0.1) is 11.3 Å². The maximum Gasteiger partial charge on any atom is 0.252 e. The summed E-state index contributed by atoms with van der Waals surface area (Å²) in [4.78, 5) is 3.43. The number of nitrogens with one attached hydrogen (secondary N) is 1. The van der Waals surface area contributed by atoms with Crippen LogP contribution in [0.15, 0.2) is 16.3 Å². The van der Waals surface area contributed by atoms with Gasteiger partial charge in [-0.25, -0.2) is 8.42 Å². The molecule has 0 radical (unpaired) electrons. The molecule has 1 aliphatic rings. The summed E-state index contributed by atoms with van der Waals surface area (Å²) < 4.78 is 27.5. The van der Waals surface area contributed by atoms with Crippen molar-refractivity contribution in [3.8, 4) is 0 Å². The third-order valence-electron chi connectivity index (χ3n) is 3.99. The number of rotatable bonds is 6. The second-order valence-electron chi connectivity index (χ2n) is 5.41. The Morgan fingerprint density at radius 1 is 1.38 bits per heavy atom. The molecule has 21 heavy (non-hydrogen) atoms. The molecule has 2 heterocycles. The number of nitrogens with zero attached hydrogens (tertiary/aromatic N) is 2. The highest BCUT2D eigenvalue weighted by Crippen LogP contribution is 2.26. The van der Waals surface area contributed by atoms with E-state index < -0.39 is 10.0 Å². The number of likely N-dealkylation sites (N-methyl/N-ethyl adjacent to an activating group) is 2. The number of hydrogen-bond acceptors (Lipinski definition) is 5. The van der Waals surface area contributed by atoms with Crippen LogP contribution < -0.4 is 5.32 Å². The van der Waals surface area contributed by atoms with Crippen molar-refractivity contribution in [2.75, 3.05) is 39.8 Å². The third kappa shape index (κ3) is 3.84. The zero-order valence-corrected chi connectivity index (χ0v) is 14.6. The molecule has 0 bridgehead atoms. The van der Waals surface area contributed by atoms with Gasteiger partial charge in [0.05, 0.1) is 0 Å². The Hall–Kier alpha value is -0.470. The van der Waals surface area contributed by atoms with E-state index in [0.717, 1.165) is 30.9 Å². The van der Waals surface area contributed by atoms with Crippen molar-refractivity contribution in [1.29, 1.82) is 0 Å². The molecule has 0 spiro atoms. The maximum absolute atomic E-state index is 12.7. The van der Waals surface area contributed by atoms with Crippen LogP contribution in [0.4, 0.5) is 0 Å². The highest BCUT2D eigenvalue weighted by atomic mass is 32.2. The maximum atomic E-state index is 12.7. The monoisotopic (exact) mass is 331 g/mol. The van der Waals surface area contributed by atoms with E-state index in [0.29, 0.717) is 17.3 Å². The van der Waals surface area contributed by atoms with Gasteiger partial charge >= 0.3 is 0 Å². The number of piperazine rings is 1. The summed E-state index contributed by atoms with van der Waals surface area (Å²) in [5, 5.41) is 3.09. The highest BCUT2D eigenvalue weighted by Gasteiger charge is 2.32. The molecule has 0 amide bonds. The first kappa shape index (κ1) is 16.9. The summed E-state index contributed by atoms with van der Waals surface area (Å²) in [7, 11) is -1.42. The molecule has 1 N–H and O–H groups in total. The molecule has 1 aromatic rings. The molecule has 0 saturated carbocycles. The van der Waals surface area contributed by atoms with Gasteiger partial charge in [0.25, 0.3) is 10.0 Å². The molecule has 1 aromatic heterocycles. The normalized spacial score (nSPS) is 21.8. The first-order chi connectivity index (χ1) is 9.98. The molecular formula is C14H25N3O2S2. The minimum atomic E-state index is -3.33. The second-order valence-corrected chi connectivity index (χ2v) is 8.75. The molecule has 0 aliphatic carbocycles. The van der Waals surface area contributed by atoms with Crippen molar-refractivity contribution >= 4 is 21.4 Å². The van der Waals surface area contributed by atoms with Gasteiger partial charge in [-0.2, -0.15) is 4.31 Å². The lowest BCUT2D eigenvalue weighted by molar-refractivity contribution is 0.136. The largest absolute Gasteiger partial charge is 0.319 e. The molecule has 5 nitrogen and oxygen atoms in total. The van der Waals surface area contributed by atoms with Crippen molar-refractivity contribution in [3.63, 3.8) is 0 Å². The molecule has 0 aromatic carbocycles. The Morgan fingerprint density at radius 2 is 2.14 bits per heavy atom. The summed E-state index contributed by atoms with van der Waals surface area (Å²) in [6.07, 6.45) is 0.872. The average molecular weight is 332 g/mol. The van der Waals surface area contributed by atoms with Crippen LogP contribution in [0.5, 0.6) is 0 Å². The summed E-state index contributed by atoms with van der Waals surface area (Å²) in [6, 6.07) is 3.96. The minimum absolute atomic E-state index is 0.280. The van der Waals surface area contributed by atoms with Crippen LogP contribution in [0.1, 0.15) is 18.7 Å². The molecular weight excluding hydrogens is 306 g/mol. The van der Waals surface area contributed by atoms with E-state index in [1.165, 1.54) is 11.3 Å². The summed E-state index contributed by atoms with van der Waals surface area (Å²) in [5.41, 5.74) is 0. The fourth-order valence-electron chi connectivity index (χ4n) is 2.66. The van der Waals surface area contributed by atoms with Crippen molar-refractivity contribution in [1.82, 2.24) is 14.5 Å². The Balaban J connectivity index is 2.09. The predicted octanol–water partition coefficient (Wildman–Crippen LogP) is 1.22. The lowest BCUT2D eigenvalue weighted by Gasteiger charge is -2.38. The topological polar surface area (TPSA) is 52.7 Å². The van der Waals surface area contributed by atoms with Gasteiger partial charge in [-0.1, -0.05) is 6.92 Å². The van der Waals surface area contributed by atoms with Crippen molar-refractivity contribution in [3.05, 3.63) is 17.0 Å². The van der Waals surface area contributed by atoms with Crippen LogP contribution in [-0.2, 0) is 16.4 Å².